The lowest BCUT2D eigenvalue weighted by Crippen LogP contribution is -2.12. The zero-order valence-electron chi connectivity index (χ0n) is 8.39. The fourth-order valence-electron chi connectivity index (χ4n) is 1.34. The lowest BCUT2D eigenvalue weighted by atomic mass is 10.0. The van der Waals surface area contributed by atoms with Crippen LogP contribution in [-0.2, 0) is 0 Å². The Kier molecular flexibility index (Phi) is 6.08. The van der Waals surface area contributed by atoms with Crippen LogP contribution in [0.15, 0.2) is 18.2 Å². The molecule has 0 aromatic heterocycles. The number of nitrogens with two attached hydrogens (primary N) is 2. The first kappa shape index (κ1) is 14.0. The molecular weight excluding hydrogens is 216 g/mol. The minimum Gasteiger partial charge on any atom is -0.508 e. The van der Waals surface area contributed by atoms with Gasteiger partial charge in [0.2, 0.25) is 0 Å². The molecule has 4 nitrogen and oxygen atoms in total. The first-order valence-electron chi connectivity index (χ1n) is 4.62. The van der Waals surface area contributed by atoms with Crippen LogP contribution in [0.5, 0.6) is 11.5 Å². The van der Waals surface area contributed by atoms with E-state index in [-0.39, 0.29) is 29.9 Å². The maximum absolute atomic E-state index is 9.23. The largest absolute Gasteiger partial charge is 0.508 e. The van der Waals surface area contributed by atoms with E-state index in [2.05, 4.69) is 0 Å². The molecule has 6 N–H and O–H groups in total. The number of halogens is 1. The molecule has 0 spiro atoms. The van der Waals surface area contributed by atoms with Crippen LogP contribution < -0.4 is 11.5 Å². The third-order valence-corrected chi connectivity index (χ3v) is 2.07. The quantitative estimate of drug-likeness (QED) is 0.629. The van der Waals surface area contributed by atoms with Gasteiger partial charge in [-0.15, -0.1) is 12.4 Å². The van der Waals surface area contributed by atoms with Gasteiger partial charge in [0, 0.05) is 12.1 Å². The van der Waals surface area contributed by atoms with Gasteiger partial charge >= 0.3 is 0 Å². The summed E-state index contributed by atoms with van der Waals surface area (Å²) in [6.07, 6.45) is 1.58. The number of hydrogen-bond acceptors (Lipinski definition) is 4. The van der Waals surface area contributed by atoms with Crippen LogP contribution in [-0.4, -0.2) is 16.8 Å². The minimum absolute atomic E-state index is 0. The molecule has 0 aliphatic rings. The van der Waals surface area contributed by atoms with Crippen LogP contribution in [0.25, 0.3) is 0 Å². The van der Waals surface area contributed by atoms with Crippen LogP contribution in [0.3, 0.4) is 0 Å². The van der Waals surface area contributed by atoms with E-state index in [1.807, 2.05) is 0 Å². The highest BCUT2D eigenvalue weighted by Crippen LogP contribution is 2.25. The number of aromatic hydroxyl groups is 2. The Bertz CT molecular complexity index is 287. The fourth-order valence-corrected chi connectivity index (χ4v) is 1.34. The van der Waals surface area contributed by atoms with E-state index < -0.39 is 0 Å². The van der Waals surface area contributed by atoms with Gasteiger partial charge in [-0.25, -0.2) is 0 Å². The van der Waals surface area contributed by atoms with Crippen molar-refractivity contribution >= 4 is 12.4 Å². The number of benzene rings is 1. The molecule has 0 unspecified atom stereocenters. The third-order valence-electron chi connectivity index (χ3n) is 2.07. The summed E-state index contributed by atoms with van der Waals surface area (Å²) in [4.78, 5) is 0. The molecule has 0 radical (unpaired) electrons. The summed E-state index contributed by atoms with van der Waals surface area (Å²) < 4.78 is 0. The number of hydrogen-bond donors (Lipinski definition) is 4. The van der Waals surface area contributed by atoms with E-state index in [0.29, 0.717) is 6.54 Å². The highest BCUT2D eigenvalue weighted by atomic mass is 35.5. The molecular formula is C10H17ClN2O2. The van der Waals surface area contributed by atoms with Gasteiger partial charge in [-0.1, -0.05) is 0 Å². The van der Waals surface area contributed by atoms with Crippen molar-refractivity contribution in [2.75, 3.05) is 6.54 Å². The summed E-state index contributed by atoms with van der Waals surface area (Å²) in [5, 5.41) is 18.5. The molecule has 15 heavy (non-hydrogen) atoms. The molecule has 1 atom stereocenters. The van der Waals surface area contributed by atoms with Gasteiger partial charge in [-0.05, 0) is 37.1 Å². The Labute approximate surface area is 95.3 Å². The van der Waals surface area contributed by atoms with Crippen LogP contribution in [0.4, 0.5) is 0 Å². The highest BCUT2D eigenvalue weighted by molar-refractivity contribution is 5.85. The number of phenolic OH excluding ortho intramolecular Hbond substituents is 2. The van der Waals surface area contributed by atoms with Crippen LogP contribution in [0.2, 0.25) is 0 Å². The zero-order chi connectivity index (χ0) is 10.6. The molecule has 1 aromatic rings. The van der Waals surface area contributed by atoms with Crippen LogP contribution in [0, 0.1) is 0 Å². The van der Waals surface area contributed by atoms with Gasteiger partial charge in [-0.2, -0.15) is 0 Å². The van der Waals surface area contributed by atoms with Crippen molar-refractivity contribution in [3.8, 4) is 11.5 Å². The molecule has 0 amide bonds. The Morgan fingerprint density at radius 3 is 2.13 bits per heavy atom. The van der Waals surface area contributed by atoms with Gasteiger partial charge in [-0.3, -0.25) is 0 Å². The van der Waals surface area contributed by atoms with Gasteiger partial charge in [0.25, 0.3) is 0 Å². The summed E-state index contributed by atoms with van der Waals surface area (Å²) in [5.74, 6) is 0.0615. The summed E-state index contributed by atoms with van der Waals surface area (Å²) in [6.45, 7) is 0.596. The van der Waals surface area contributed by atoms with E-state index >= 15 is 0 Å². The molecule has 86 valence electrons. The standard InChI is InChI=1S/C10H16N2O2.ClH/c11-3-1-2-10(12)7-4-8(13)6-9(14)5-7;/h4-6,10,13-14H,1-3,11-12H2;1H/t10-;/m0./s1. The van der Waals surface area contributed by atoms with Crippen LogP contribution in [0.1, 0.15) is 24.4 Å². The first-order chi connectivity index (χ1) is 6.63. The van der Waals surface area contributed by atoms with E-state index in [1.165, 1.54) is 6.07 Å². The van der Waals surface area contributed by atoms with E-state index in [9.17, 15) is 10.2 Å². The Hall–Kier alpha value is -0.970. The molecule has 1 aromatic carbocycles. The van der Waals surface area contributed by atoms with Crippen molar-refractivity contribution < 1.29 is 10.2 Å². The Balaban J connectivity index is 0.00000196. The molecule has 0 bridgehead atoms. The second-order valence-corrected chi connectivity index (χ2v) is 3.32. The maximum atomic E-state index is 9.23. The third kappa shape index (κ3) is 4.38. The zero-order valence-corrected chi connectivity index (χ0v) is 9.20. The predicted molar refractivity (Wildman–Crippen MR) is 62.2 cm³/mol. The van der Waals surface area contributed by atoms with E-state index in [4.69, 9.17) is 11.5 Å². The lowest BCUT2D eigenvalue weighted by Gasteiger charge is -2.11. The number of rotatable bonds is 4. The molecule has 1 rings (SSSR count). The minimum atomic E-state index is -0.184. The van der Waals surface area contributed by atoms with Crippen molar-refractivity contribution in [3.63, 3.8) is 0 Å². The predicted octanol–water partition coefficient (Wildman–Crippen LogP) is 1.26. The average Bonchev–Trinajstić information content (AvgIpc) is 2.12. The summed E-state index contributed by atoms with van der Waals surface area (Å²) in [6, 6.07) is 4.21. The van der Waals surface area contributed by atoms with Crippen LogP contribution >= 0.6 is 12.4 Å². The van der Waals surface area contributed by atoms with E-state index in [1.54, 1.807) is 12.1 Å². The van der Waals surface area contributed by atoms with Crippen molar-refractivity contribution in [2.45, 2.75) is 18.9 Å². The van der Waals surface area contributed by atoms with Gasteiger partial charge in [0.1, 0.15) is 11.5 Å². The topological polar surface area (TPSA) is 92.5 Å². The normalized spacial score (nSPS) is 11.9. The second kappa shape index (κ2) is 6.50. The highest BCUT2D eigenvalue weighted by Gasteiger charge is 2.07. The molecule has 0 aliphatic carbocycles. The molecule has 5 heteroatoms. The molecule has 0 saturated carbocycles. The first-order valence-corrected chi connectivity index (χ1v) is 4.62. The summed E-state index contributed by atoms with van der Waals surface area (Å²) in [7, 11) is 0. The Morgan fingerprint density at radius 1 is 1.13 bits per heavy atom. The van der Waals surface area contributed by atoms with Crippen molar-refractivity contribution in [1.82, 2.24) is 0 Å². The van der Waals surface area contributed by atoms with Gasteiger partial charge < -0.3 is 21.7 Å². The second-order valence-electron chi connectivity index (χ2n) is 3.32. The van der Waals surface area contributed by atoms with Gasteiger partial charge in [0.15, 0.2) is 0 Å². The molecule has 0 fully saturated rings. The molecule has 0 saturated heterocycles. The molecule has 0 aliphatic heterocycles. The maximum Gasteiger partial charge on any atom is 0.119 e. The smallest absolute Gasteiger partial charge is 0.119 e. The number of phenols is 2. The lowest BCUT2D eigenvalue weighted by molar-refractivity contribution is 0.447. The Morgan fingerprint density at radius 2 is 1.67 bits per heavy atom. The monoisotopic (exact) mass is 232 g/mol. The van der Waals surface area contributed by atoms with E-state index in [0.717, 1.165) is 18.4 Å². The summed E-state index contributed by atoms with van der Waals surface area (Å²) >= 11 is 0. The van der Waals surface area contributed by atoms with Crippen molar-refractivity contribution in [1.29, 1.82) is 0 Å². The summed E-state index contributed by atoms with van der Waals surface area (Å²) in [5.41, 5.74) is 11.9. The van der Waals surface area contributed by atoms with Crippen molar-refractivity contribution in [3.05, 3.63) is 23.8 Å². The molecule has 0 heterocycles. The average molecular weight is 233 g/mol. The fraction of sp³-hybridized carbons (Fsp3) is 0.400. The van der Waals surface area contributed by atoms with Crippen molar-refractivity contribution in [2.24, 2.45) is 11.5 Å². The van der Waals surface area contributed by atoms with Gasteiger partial charge in [0.05, 0.1) is 0 Å². The SMILES string of the molecule is Cl.NCCC[C@H](N)c1cc(O)cc(O)c1.